The summed E-state index contributed by atoms with van der Waals surface area (Å²) in [5, 5.41) is 12.6. The van der Waals surface area contributed by atoms with Crippen LogP contribution in [-0.2, 0) is 14.8 Å². The minimum Gasteiger partial charge on any atom is -0.506 e. The summed E-state index contributed by atoms with van der Waals surface area (Å²) < 4.78 is 27.8. The van der Waals surface area contributed by atoms with Gasteiger partial charge in [0.25, 0.3) is 0 Å². The lowest BCUT2D eigenvalue weighted by Gasteiger charge is -2.19. The van der Waals surface area contributed by atoms with E-state index in [9.17, 15) is 18.3 Å². The first-order valence-corrected chi connectivity index (χ1v) is 11.3. The van der Waals surface area contributed by atoms with Gasteiger partial charge in [-0.3, -0.25) is 4.79 Å². The second-order valence-corrected chi connectivity index (χ2v) is 8.98. The number of aromatic hydroxyl groups is 1. The van der Waals surface area contributed by atoms with Crippen LogP contribution in [0.3, 0.4) is 0 Å². The summed E-state index contributed by atoms with van der Waals surface area (Å²) in [6, 6.07) is 10.3. The highest BCUT2D eigenvalue weighted by Crippen LogP contribution is 2.24. The van der Waals surface area contributed by atoms with Crippen molar-refractivity contribution in [2.45, 2.75) is 31.2 Å². The Labute approximate surface area is 164 Å². The number of benzene rings is 2. The number of anilines is 1. The number of amides is 1. The van der Waals surface area contributed by atoms with Gasteiger partial charge in [-0.1, -0.05) is 23.8 Å². The fraction of sp³-hybridized carbons (Fsp3) is 0.316. The molecule has 1 unspecified atom stereocenters. The Bertz CT molecular complexity index is 896. The van der Waals surface area contributed by atoms with Gasteiger partial charge in [-0.05, 0) is 62.1 Å². The number of thioether (sulfide) groups is 1. The van der Waals surface area contributed by atoms with Crippen LogP contribution in [0.4, 0.5) is 5.69 Å². The number of carbonyl (C=O) groups excluding carboxylic acids is 1. The normalized spacial score (nSPS) is 12.6. The van der Waals surface area contributed by atoms with E-state index in [1.165, 1.54) is 30.0 Å². The molecule has 2 aromatic carbocycles. The molecule has 8 heteroatoms. The van der Waals surface area contributed by atoms with Crippen molar-refractivity contribution in [2.24, 2.45) is 0 Å². The molecule has 0 spiro atoms. The molecule has 6 nitrogen and oxygen atoms in total. The molecule has 0 saturated heterocycles. The van der Waals surface area contributed by atoms with E-state index in [0.29, 0.717) is 12.2 Å². The maximum atomic E-state index is 12.7. The maximum Gasteiger partial charge on any atom is 0.242 e. The zero-order valence-corrected chi connectivity index (χ0v) is 17.2. The molecule has 2 rings (SSSR count). The molecular weight excluding hydrogens is 384 g/mol. The van der Waals surface area contributed by atoms with E-state index in [4.69, 9.17) is 0 Å². The number of nitrogens with one attached hydrogen (secondary N) is 2. The van der Waals surface area contributed by atoms with Crippen LogP contribution in [0.1, 0.15) is 17.5 Å². The molecule has 0 aliphatic rings. The van der Waals surface area contributed by atoms with Crippen molar-refractivity contribution in [3.05, 3.63) is 53.6 Å². The number of sulfonamides is 1. The van der Waals surface area contributed by atoms with Gasteiger partial charge in [-0.25, -0.2) is 8.42 Å². The Morgan fingerprint density at radius 1 is 1.11 bits per heavy atom. The van der Waals surface area contributed by atoms with Crippen LogP contribution in [0, 0.1) is 13.8 Å². The number of rotatable bonds is 8. The summed E-state index contributed by atoms with van der Waals surface area (Å²) in [6.45, 7) is 3.69. The van der Waals surface area contributed by atoms with Crippen molar-refractivity contribution in [3.63, 3.8) is 0 Å². The quantitative estimate of drug-likeness (QED) is 0.584. The Balaban J connectivity index is 2.20. The third-order valence-electron chi connectivity index (χ3n) is 3.97. The predicted molar refractivity (Wildman–Crippen MR) is 110 cm³/mol. The molecule has 1 amide bonds. The van der Waals surface area contributed by atoms with E-state index in [1.807, 2.05) is 20.1 Å². The topological polar surface area (TPSA) is 95.5 Å². The first-order valence-electron chi connectivity index (χ1n) is 8.41. The Morgan fingerprint density at radius 2 is 1.74 bits per heavy atom. The monoisotopic (exact) mass is 408 g/mol. The van der Waals surface area contributed by atoms with Gasteiger partial charge in [0.2, 0.25) is 15.9 Å². The summed E-state index contributed by atoms with van der Waals surface area (Å²) in [5.41, 5.74) is 2.04. The number of phenols is 1. The SMILES string of the molecule is CSCCC(NS(=O)(=O)c1ccc(C)cc1)C(=O)Nc1ccc(C)cc1O. The number of aryl methyl sites for hydroxylation is 2. The zero-order chi connectivity index (χ0) is 20.0. The molecular formula is C19H24N2O4S2. The molecule has 0 fully saturated rings. The predicted octanol–water partition coefficient (Wildman–Crippen LogP) is 3.05. The van der Waals surface area contributed by atoms with E-state index in [-0.39, 0.29) is 16.3 Å². The average molecular weight is 409 g/mol. The molecule has 0 bridgehead atoms. The van der Waals surface area contributed by atoms with Crippen molar-refractivity contribution in [1.29, 1.82) is 0 Å². The summed E-state index contributed by atoms with van der Waals surface area (Å²) >= 11 is 1.52. The highest BCUT2D eigenvalue weighted by Gasteiger charge is 2.26. The lowest BCUT2D eigenvalue weighted by molar-refractivity contribution is -0.117. The fourth-order valence-electron chi connectivity index (χ4n) is 2.42. The van der Waals surface area contributed by atoms with Crippen molar-refractivity contribution in [3.8, 4) is 5.75 Å². The number of carbonyl (C=O) groups is 1. The lowest BCUT2D eigenvalue weighted by atomic mass is 10.2. The zero-order valence-electron chi connectivity index (χ0n) is 15.5. The minimum absolute atomic E-state index is 0.0617. The van der Waals surface area contributed by atoms with Crippen LogP contribution >= 0.6 is 11.8 Å². The summed E-state index contributed by atoms with van der Waals surface area (Å²) in [4.78, 5) is 12.8. The molecule has 27 heavy (non-hydrogen) atoms. The first kappa shape index (κ1) is 21.3. The van der Waals surface area contributed by atoms with Crippen LogP contribution in [-0.4, -0.2) is 37.5 Å². The molecule has 1 atom stereocenters. The van der Waals surface area contributed by atoms with Gasteiger partial charge >= 0.3 is 0 Å². The Kier molecular flexibility index (Phi) is 7.29. The molecule has 0 aliphatic carbocycles. The largest absolute Gasteiger partial charge is 0.506 e. The molecule has 0 radical (unpaired) electrons. The molecule has 3 N–H and O–H groups in total. The maximum absolute atomic E-state index is 12.7. The molecule has 2 aromatic rings. The standard InChI is InChI=1S/C19H24N2O4S2/c1-13-4-7-15(8-5-13)27(24,25)21-17(10-11-26-3)19(23)20-16-9-6-14(2)12-18(16)22/h4-9,12,17,21-22H,10-11H2,1-3H3,(H,20,23). The molecule has 146 valence electrons. The van der Waals surface area contributed by atoms with Crippen LogP contribution in [0.15, 0.2) is 47.4 Å². The molecule has 0 aliphatic heterocycles. The van der Waals surface area contributed by atoms with E-state index < -0.39 is 22.0 Å². The number of hydrogen-bond donors (Lipinski definition) is 3. The van der Waals surface area contributed by atoms with E-state index >= 15 is 0 Å². The van der Waals surface area contributed by atoms with Gasteiger partial charge in [0.1, 0.15) is 11.8 Å². The number of hydrogen-bond acceptors (Lipinski definition) is 5. The Hall–Kier alpha value is -2.03. The van der Waals surface area contributed by atoms with Crippen molar-refractivity contribution >= 4 is 33.4 Å². The van der Waals surface area contributed by atoms with E-state index in [1.54, 1.807) is 24.3 Å². The lowest BCUT2D eigenvalue weighted by Crippen LogP contribution is -2.44. The van der Waals surface area contributed by atoms with Gasteiger partial charge in [0, 0.05) is 0 Å². The smallest absolute Gasteiger partial charge is 0.242 e. The van der Waals surface area contributed by atoms with Gasteiger partial charge in [0.05, 0.1) is 10.6 Å². The first-order chi connectivity index (χ1) is 12.7. The van der Waals surface area contributed by atoms with Gasteiger partial charge in [-0.2, -0.15) is 16.5 Å². The van der Waals surface area contributed by atoms with Crippen LogP contribution < -0.4 is 10.0 Å². The van der Waals surface area contributed by atoms with Crippen molar-refractivity contribution in [2.75, 3.05) is 17.3 Å². The summed E-state index contributed by atoms with van der Waals surface area (Å²) in [6.07, 6.45) is 2.21. The van der Waals surface area contributed by atoms with Crippen LogP contribution in [0.2, 0.25) is 0 Å². The molecule has 0 heterocycles. The van der Waals surface area contributed by atoms with Gasteiger partial charge in [0.15, 0.2) is 0 Å². The van der Waals surface area contributed by atoms with Crippen molar-refractivity contribution < 1.29 is 18.3 Å². The third-order valence-corrected chi connectivity index (χ3v) is 6.10. The molecule has 0 aromatic heterocycles. The van der Waals surface area contributed by atoms with Crippen LogP contribution in [0.5, 0.6) is 5.75 Å². The second-order valence-electron chi connectivity index (χ2n) is 6.28. The van der Waals surface area contributed by atoms with Gasteiger partial charge in [-0.15, -0.1) is 0 Å². The van der Waals surface area contributed by atoms with Gasteiger partial charge < -0.3 is 10.4 Å². The fourth-order valence-corrected chi connectivity index (χ4v) is 4.12. The number of phenolic OH excluding ortho intramolecular Hbond substituents is 1. The highest BCUT2D eigenvalue weighted by atomic mass is 32.2. The average Bonchev–Trinajstić information content (AvgIpc) is 2.61. The third kappa shape index (κ3) is 5.98. The summed E-state index contributed by atoms with van der Waals surface area (Å²) in [5.74, 6) is 0.0289. The van der Waals surface area contributed by atoms with E-state index in [2.05, 4.69) is 10.0 Å². The highest BCUT2D eigenvalue weighted by molar-refractivity contribution is 7.98. The van der Waals surface area contributed by atoms with Crippen molar-refractivity contribution in [1.82, 2.24) is 4.72 Å². The van der Waals surface area contributed by atoms with E-state index in [0.717, 1.165) is 11.1 Å². The summed E-state index contributed by atoms with van der Waals surface area (Å²) in [7, 11) is -3.84. The molecule has 0 saturated carbocycles. The Morgan fingerprint density at radius 3 is 2.33 bits per heavy atom. The van der Waals surface area contributed by atoms with Crippen LogP contribution in [0.25, 0.3) is 0 Å². The minimum atomic E-state index is -3.84. The second kappa shape index (κ2) is 9.25.